The summed E-state index contributed by atoms with van der Waals surface area (Å²) in [4.78, 5) is 17.9. The average Bonchev–Trinajstić information content (AvgIpc) is 1.35. The first-order valence-corrected chi connectivity index (χ1v) is 2.30. The summed E-state index contributed by atoms with van der Waals surface area (Å²) in [5, 5.41) is 0. The third-order valence-corrected chi connectivity index (χ3v) is 0. The summed E-state index contributed by atoms with van der Waals surface area (Å²) in [5.74, 6) is 0. The van der Waals surface area contributed by atoms with Gasteiger partial charge in [0.25, 0.3) is 0 Å². The van der Waals surface area contributed by atoms with E-state index in [0.717, 1.165) is 0 Å². The normalized spacial score (nSPS) is 14.4. The van der Waals surface area contributed by atoms with Gasteiger partial charge in [-0.1, -0.05) is 0 Å². The number of phosphoric acid groups is 1. The lowest BCUT2D eigenvalue weighted by Crippen LogP contribution is -1.66. The topological polar surface area (TPSA) is 77.8 Å². The Hall–Kier alpha value is 0.110. The zero-order chi connectivity index (χ0) is 5.21. The number of hydrogen-bond donors (Lipinski definition) is 3. The first-order valence-electron chi connectivity index (χ1n) is 1.17. The van der Waals surface area contributed by atoms with E-state index in [1.165, 1.54) is 0 Å². The molecule has 3 N–H and O–H groups in total. The maximum atomic E-state index is 9.28. The molecule has 4 nitrogen and oxygen atoms in total. The van der Waals surface area contributed by atoms with Gasteiger partial charge in [0.1, 0.15) is 0 Å². The highest BCUT2D eigenvalue weighted by Gasteiger charge is 2.00. The molecule has 0 amide bonds. The van der Waals surface area contributed by atoms with Gasteiger partial charge in [0, 0.05) is 0 Å². The van der Waals surface area contributed by atoms with Crippen LogP contribution in [0.2, 0.25) is 0 Å². The smallest absolute Gasteiger partial charge is 0.303 e. The van der Waals surface area contributed by atoms with E-state index in [0.29, 0.717) is 0 Å². The Morgan fingerprint density at radius 1 is 1.80 bits per heavy atom. The summed E-state index contributed by atoms with van der Waals surface area (Å²) in [6.45, 7) is 0. The molecule has 0 aliphatic carbocycles. The Morgan fingerprint density at radius 3 is 2.00 bits per heavy atom. The quantitative estimate of drug-likeness (QED) is 0.372. The molecular weight excluding hydrogens is 95.0 g/mol. The van der Waals surface area contributed by atoms with E-state index in [-0.39, 0.29) is 0 Å². The molecule has 0 unspecified atom stereocenters. The van der Waals surface area contributed by atoms with E-state index in [1.54, 1.807) is 0 Å². The van der Waals surface area contributed by atoms with Crippen molar-refractivity contribution in [1.82, 2.24) is 0 Å². The van der Waals surface area contributed by atoms with Crippen molar-refractivity contribution in [3.8, 4) is 0 Å². The summed E-state index contributed by atoms with van der Waals surface area (Å²) in [6.07, 6.45) is 0. The molecular formula is H3O4P. The molecule has 0 saturated carbocycles. The second-order valence-corrected chi connectivity index (χ2v) is 1.47. The zero-order valence-corrected chi connectivity index (χ0v) is 3.05. The first-order chi connectivity index (χ1) is 2.56. The monoisotopic (exact) mass is 100.0 g/mol. The molecule has 5 heteroatoms. The lowest BCUT2D eigenvalue weighted by Gasteiger charge is -1.82. The molecule has 0 aromatic rings. The van der Waals surface area contributed by atoms with E-state index in [9.17, 15) is 4.57 Å². The molecule has 0 aromatic carbocycles. The molecule has 0 fully saturated rings. The van der Waals surface area contributed by atoms with E-state index in [1.807, 2.05) is 0 Å². The third-order valence-electron chi connectivity index (χ3n) is 0. The van der Waals surface area contributed by atoms with Crippen molar-refractivity contribution < 1.29 is 19.2 Å². The highest BCUT2D eigenvalue weighted by atomic mass is 31.2. The van der Waals surface area contributed by atoms with Gasteiger partial charge in [-0.25, -0.2) is 4.57 Å². The van der Waals surface area contributed by atoms with Crippen LogP contribution in [0.15, 0.2) is 0 Å². The van der Waals surface area contributed by atoms with E-state index in [2.05, 4.69) is 4.90 Å². The predicted octanol–water partition coefficient (Wildman–Crippen LogP) is -0.929. The summed E-state index contributed by atoms with van der Waals surface area (Å²) in [7, 11) is -4.48. The minimum atomic E-state index is -4.48. The molecule has 0 rings (SSSR count). The summed E-state index contributed by atoms with van der Waals surface area (Å²) in [6, 6.07) is 0. The van der Waals surface area contributed by atoms with Crippen LogP contribution in [0.1, 0.15) is 0 Å². The number of hydrogen-bond acceptors (Lipinski definition) is 2. The standard InChI is InChI=1S/H3O4P/c1-5(2,3)4/h(H3,1,2,3,4)/i/hT. The van der Waals surface area contributed by atoms with Crippen LogP contribution in [0.3, 0.4) is 0 Å². The van der Waals surface area contributed by atoms with Crippen molar-refractivity contribution in [1.29, 1.82) is 1.43 Å². The van der Waals surface area contributed by atoms with Gasteiger partial charge in [-0.05, 0) is 0 Å². The molecule has 0 radical (unpaired) electrons. The Morgan fingerprint density at radius 2 is 2.00 bits per heavy atom. The van der Waals surface area contributed by atoms with Crippen molar-refractivity contribution in [3.63, 3.8) is 0 Å². The van der Waals surface area contributed by atoms with Crippen molar-refractivity contribution in [2.24, 2.45) is 0 Å². The lowest BCUT2D eigenvalue weighted by atomic mass is 15.8. The van der Waals surface area contributed by atoms with Gasteiger partial charge in [-0.15, -0.1) is 0 Å². The van der Waals surface area contributed by atoms with Crippen LogP contribution in [0.25, 0.3) is 0 Å². The van der Waals surface area contributed by atoms with Crippen molar-refractivity contribution in [2.75, 3.05) is 0 Å². The summed E-state index contributed by atoms with van der Waals surface area (Å²) >= 11 is 0. The zero-order valence-electron chi connectivity index (χ0n) is 3.16. The summed E-state index contributed by atoms with van der Waals surface area (Å²) in [5.41, 5.74) is 0. The predicted molar refractivity (Wildman–Crippen MR) is 14.3 cm³/mol. The average molecular weight is 100 g/mol. The van der Waals surface area contributed by atoms with Crippen molar-refractivity contribution >= 4 is 7.82 Å². The van der Waals surface area contributed by atoms with Crippen LogP contribution in [-0.2, 0) is 4.57 Å². The maximum Gasteiger partial charge on any atom is 0.466 e. The van der Waals surface area contributed by atoms with Crippen LogP contribution in [0, 0.1) is 0 Å². The molecule has 0 aliphatic heterocycles. The lowest BCUT2D eigenvalue weighted by molar-refractivity contribution is 0.275. The van der Waals surface area contributed by atoms with E-state index < -0.39 is 7.82 Å². The van der Waals surface area contributed by atoms with E-state index >= 15 is 0 Å². The van der Waals surface area contributed by atoms with Gasteiger partial charge in [-0.3, -0.25) is 0 Å². The highest BCUT2D eigenvalue weighted by molar-refractivity contribution is 7.45. The second kappa shape index (κ2) is 1.06. The largest absolute Gasteiger partial charge is 0.466 e. The molecule has 0 bridgehead atoms. The Bertz CT molecular complexity index is 71.6. The molecule has 0 aromatic heterocycles. The van der Waals surface area contributed by atoms with Crippen LogP contribution in [0.4, 0.5) is 0 Å². The highest BCUT2D eigenvalue weighted by Crippen LogP contribution is 2.25. The van der Waals surface area contributed by atoms with Crippen LogP contribution in [-0.4, -0.2) is 16.1 Å². The Labute approximate surface area is 29.8 Å². The van der Waals surface area contributed by atoms with Crippen LogP contribution >= 0.6 is 7.82 Å². The second-order valence-electron chi connectivity index (χ2n) is 0.491. The van der Waals surface area contributed by atoms with Crippen LogP contribution in [0.5, 0.6) is 0 Å². The van der Waals surface area contributed by atoms with Crippen molar-refractivity contribution in [2.45, 2.75) is 0 Å². The minimum absolute atomic E-state index is 2.85. The van der Waals surface area contributed by atoms with Crippen molar-refractivity contribution in [3.05, 3.63) is 0 Å². The Balaban J connectivity index is 3.48. The fourth-order valence-corrected chi connectivity index (χ4v) is 0. The van der Waals surface area contributed by atoms with Gasteiger partial charge in [-0.2, -0.15) is 0 Å². The summed E-state index contributed by atoms with van der Waals surface area (Å²) < 4.78 is 14.9. The fraction of sp³-hybridized carbons (Fsp3) is 0. The Kier molecular flexibility index (Phi) is 0.704. The molecule has 0 aliphatic rings. The van der Waals surface area contributed by atoms with Gasteiger partial charge in [0.15, 0.2) is 0 Å². The molecule has 0 atom stereocenters. The van der Waals surface area contributed by atoms with E-state index in [4.69, 9.17) is 11.2 Å². The molecule has 5 heavy (non-hydrogen) atoms. The first kappa shape index (κ1) is 3.31. The molecule has 0 heterocycles. The van der Waals surface area contributed by atoms with Gasteiger partial charge >= 0.3 is 7.82 Å². The minimum Gasteiger partial charge on any atom is -0.303 e. The molecule has 0 spiro atoms. The molecule has 32 valence electrons. The van der Waals surface area contributed by atoms with Gasteiger partial charge in [0.05, 0.1) is 0 Å². The fourth-order valence-electron chi connectivity index (χ4n) is 0. The SMILES string of the molecule is [3H]OP(=O)(O)O. The van der Waals surface area contributed by atoms with Gasteiger partial charge < -0.3 is 14.7 Å². The van der Waals surface area contributed by atoms with Crippen LogP contribution < -0.4 is 0 Å². The maximum absolute atomic E-state index is 9.28. The van der Waals surface area contributed by atoms with Gasteiger partial charge in [0.2, 0.25) is 1.43 Å². The number of rotatable bonds is 1. The third kappa shape index (κ3) is 1510. The molecule has 0 saturated heterocycles.